The number of rotatable bonds is 20. The topological polar surface area (TPSA) is 52.6 Å². The molecule has 0 aromatic carbocycles. The van der Waals surface area contributed by atoms with Gasteiger partial charge in [0.2, 0.25) is 0 Å². The van der Waals surface area contributed by atoms with Gasteiger partial charge in [0.15, 0.2) is 0 Å². The molecule has 0 bridgehead atoms. The minimum absolute atomic E-state index is 0.00215. The summed E-state index contributed by atoms with van der Waals surface area (Å²) in [6.07, 6.45) is 15.9. The van der Waals surface area contributed by atoms with Gasteiger partial charge in [-0.05, 0) is 31.6 Å². The van der Waals surface area contributed by atoms with Crippen LogP contribution in [0.4, 0.5) is 0 Å². The highest BCUT2D eigenvalue weighted by Gasteiger charge is 2.22. The molecule has 1 atom stereocenters. The summed E-state index contributed by atoms with van der Waals surface area (Å²) < 4.78 is 10.7. The molecule has 1 unspecified atom stereocenters. The van der Waals surface area contributed by atoms with Crippen LogP contribution < -0.4 is 0 Å². The molecule has 0 spiro atoms. The Morgan fingerprint density at radius 1 is 0.655 bits per heavy atom. The molecule has 0 amide bonds. The molecule has 0 saturated carbocycles. The molecule has 0 rings (SSSR count). The number of hydrogen-bond acceptors (Lipinski definition) is 4. The molecule has 4 nitrogen and oxygen atoms in total. The standard InChI is InChI=1S/C25H48O4/c1-5-7-16-20-28-24(26)19-15-13-11-9-10-12-14-18-23(22(3)4)25(27)29-21-17-8-6-2/h22-23H,5-21H2,1-4H3. The Morgan fingerprint density at radius 2 is 1.17 bits per heavy atom. The van der Waals surface area contributed by atoms with E-state index >= 15 is 0 Å². The molecule has 0 heterocycles. The van der Waals surface area contributed by atoms with Crippen molar-refractivity contribution in [1.29, 1.82) is 0 Å². The molecule has 0 aliphatic rings. The van der Waals surface area contributed by atoms with Gasteiger partial charge < -0.3 is 9.47 Å². The molecule has 4 heteroatoms. The van der Waals surface area contributed by atoms with Crippen LogP contribution in [0.5, 0.6) is 0 Å². The summed E-state index contributed by atoms with van der Waals surface area (Å²) >= 11 is 0. The van der Waals surface area contributed by atoms with E-state index in [4.69, 9.17) is 9.47 Å². The van der Waals surface area contributed by atoms with Crippen LogP contribution in [0.25, 0.3) is 0 Å². The summed E-state index contributed by atoms with van der Waals surface area (Å²) in [5.41, 5.74) is 0. The molecule has 0 aromatic rings. The van der Waals surface area contributed by atoms with Gasteiger partial charge in [0.1, 0.15) is 0 Å². The lowest BCUT2D eigenvalue weighted by molar-refractivity contribution is -0.150. The lowest BCUT2D eigenvalue weighted by atomic mass is 9.90. The van der Waals surface area contributed by atoms with Gasteiger partial charge in [-0.3, -0.25) is 9.59 Å². The smallest absolute Gasteiger partial charge is 0.309 e. The van der Waals surface area contributed by atoms with Crippen LogP contribution in [0.2, 0.25) is 0 Å². The van der Waals surface area contributed by atoms with E-state index in [2.05, 4.69) is 27.7 Å². The van der Waals surface area contributed by atoms with Crippen LogP contribution in [0.3, 0.4) is 0 Å². The van der Waals surface area contributed by atoms with Gasteiger partial charge in [-0.25, -0.2) is 0 Å². The summed E-state index contributed by atoms with van der Waals surface area (Å²) in [6, 6.07) is 0. The third-order valence-electron chi connectivity index (χ3n) is 5.51. The van der Waals surface area contributed by atoms with Crippen molar-refractivity contribution in [2.45, 2.75) is 124 Å². The first-order valence-electron chi connectivity index (χ1n) is 12.3. The lowest BCUT2D eigenvalue weighted by Gasteiger charge is -2.19. The third kappa shape index (κ3) is 17.5. The number of carbonyl (C=O) groups excluding carboxylic acids is 2. The Kier molecular flexibility index (Phi) is 19.5. The van der Waals surface area contributed by atoms with Gasteiger partial charge >= 0.3 is 11.9 Å². The minimum atomic E-state index is -0.0394. The van der Waals surface area contributed by atoms with E-state index in [0.717, 1.165) is 64.2 Å². The molecule has 29 heavy (non-hydrogen) atoms. The third-order valence-corrected chi connectivity index (χ3v) is 5.51. The maximum absolute atomic E-state index is 12.3. The average molecular weight is 413 g/mol. The van der Waals surface area contributed by atoms with Crippen molar-refractivity contribution in [2.75, 3.05) is 13.2 Å². The SMILES string of the molecule is CCCCCOC(=O)CCCCCCCCCC(C(=O)OCCCCC)C(C)C. The average Bonchev–Trinajstić information content (AvgIpc) is 2.69. The van der Waals surface area contributed by atoms with E-state index in [0.29, 0.717) is 25.6 Å². The highest BCUT2D eigenvalue weighted by molar-refractivity contribution is 5.72. The fraction of sp³-hybridized carbons (Fsp3) is 0.920. The monoisotopic (exact) mass is 412 g/mol. The largest absolute Gasteiger partial charge is 0.466 e. The van der Waals surface area contributed by atoms with E-state index in [1.165, 1.54) is 25.7 Å². The van der Waals surface area contributed by atoms with Crippen molar-refractivity contribution in [3.63, 3.8) is 0 Å². The highest BCUT2D eigenvalue weighted by Crippen LogP contribution is 2.21. The van der Waals surface area contributed by atoms with Crippen LogP contribution in [0.15, 0.2) is 0 Å². The molecule has 0 fully saturated rings. The Bertz CT molecular complexity index is 392. The molecule has 172 valence electrons. The number of esters is 2. The molecule has 0 N–H and O–H groups in total. The van der Waals surface area contributed by atoms with E-state index in [9.17, 15) is 9.59 Å². The molecule has 0 aliphatic carbocycles. The minimum Gasteiger partial charge on any atom is -0.466 e. The lowest BCUT2D eigenvalue weighted by Crippen LogP contribution is -2.23. The van der Waals surface area contributed by atoms with Crippen molar-refractivity contribution in [3.8, 4) is 0 Å². The van der Waals surface area contributed by atoms with E-state index in [1.807, 2.05) is 0 Å². The zero-order valence-electron chi connectivity index (χ0n) is 19.8. The number of carbonyl (C=O) groups is 2. The molecule has 0 saturated heterocycles. The van der Waals surface area contributed by atoms with E-state index in [1.54, 1.807) is 0 Å². The predicted molar refractivity (Wildman–Crippen MR) is 121 cm³/mol. The number of ether oxygens (including phenoxy) is 2. The van der Waals surface area contributed by atoms with Crippen molar-refractivity contribution >= 4 is 11.9 Å². The molecular weight excluding hydrogens is 364 g/mol. The van der Waals surface area contributed by atoms with Gasteiger partial charge in [-0.2, -0.15) is 0 Å². The van der Waals surface area contributed by atoms with Gasteiger partial charge in [0.25, 0.3) is 0 Å². The number of unbranched alkanes of at least 4 members (excludes halogenated alkanes) is 10. The van der Waals surface area contributed by atoms with Crippen molar-refractivity contribution in [1.82, 2.24) is 0 Å². The van der Waals surface area contributed by atoms with Gasteiger partial charge in [0.05, 0.1) is 19.1 Å². The van der Waals surface area contributed by atoms with Gasteiger partial charge in [-0.15, -0.1) is 0 Å². The molecule has 0 aliphatic heterocycles. The first-order valence-corrected chi connectivity index (χ1v) is 12.3. The van der Waals surface area contributed by atoms with Crippen LogP contribution >= 0.6 is 0 Å². The van der Waals surface area contributed by atoms with Crippen LogP contribution in [0.1, 0.15) is 124 Å². The zero-order valence-corrected chi connectivity index (χ0v) is 19.8. The van der Waals surface area contributed by atoms with E-state index in [-0.39, 0.29) is 17.9 Å². The maximum Gasteiger partial charge on any atom is 0.309 e. The normalized spacial score (nSPS) is 12.2. The fourth-order valence-electron chi connectivity index (χ4n) is 3.48. The second-order valence-corrected chi connectivity index (χ2v) is 8.67. The summed E-state index contributed by atoms with van der Waals surface area (Å²) in [4.78, 5) is 23.9. The molecule has 0 radical (unpaired) electrons. The Labute approximate surface area is 180 Å². The highest BCUT2D eigenvalue weighted by atomic mass is 16.5. The summed E-state index contributed by atoms with van der Waals surface area (Å²) in [7, 11) is 0. The second-order valence-electron chi connectivity index (χ2n) is 8.67. The first-order chi connectivity index (χ1) is 14.0. The van der Waals surface area contributed by atoms with Crippen LogP contribution in [-0.2, 0) is 19.1 Å². The van der Waals surface area contributed by atoms with Crippen molar-refractivity contribution in [2.24, 2.45) is 11.8 Å². The van der Waals surface area contributed by atoms with Gasteiger partial charge in [-0.1, -0.05) is 91.9 Å². The van der Waals surface area contributed by atoms with Gasteiger partial charge in [0, 0.05) is 6.42 Å². The maximum atomic E-state index is 12.3. The number of hydrogen-bond donors (Lipinski definition) is 0. The zero-order chi connectivity index (χ0) is 21.7. The van der Waals surface area contributed by atoms with Crippen molar-refractivity contribution < 1.29 is 19.1 Å². The first kappa shape index (κ1) is 27.9. The van der Waals surface area contributed by atoms with Crippen molar-refractivity contribution in [3.05, 3.63) is 0 Å². The molecule has 0 aromatic heterocycles. The fourth-order valence-corrected chi connectivity index (χ4v) is 3.48. The van der Waals surface area contributed by atoms with E-state index < -0.39 is 0 Å². The quantitative estimate of drug-likeness (QED) is 0.156. The van der Waals surface area contributed by atoms with Crippen LogP contribution in [-0.4, -0.2) is 25.2 Å². The Balaban J connectivity index is 3.63. The second kappa shape index (κ2) is 20.2. The summed E-state index contributed by atoms with van der Waals surface area (Å²) in [6.45, 7) is 9.69. The Hall–Kier alpha value is -1.06. The molecular formula is C25H48O4. The summed E-state index contributed by atoms with van der Waals surface area (Å²) in [5.74, 6) is 0.343. The van der Waals surface area contributed by atoms with Crippen LogP contribution in [0, 0.1) is 11.8 Å². The summed E-state index contributed by atoms with van der Waals surface area (Å²) in [5, 5.41) is 0. The predicted octanol–water partition coefficient (Wildman–Crippen LogP) is 7.24. The Morgan fingerprint density at radius 3 is 1.72 bits per heavy atom.